The summed E-state index contributed by atoms with van der Waals surface area (Å²) in [5, 5.41) is 32.7. The molecule has 622 valence electrons. The Labute approximate surface area is 777 Å². The molecule has 1 aliphatic heterocycles. The maximum Gasteiger partial charge on any atom is 0.494 e. The van der Waals surface area contributed by atoms with E-state index in [1.54, 1.807) is 22.7 Å². The van der Waals surface area contributed by atoms with Crippen molar-refractivity contribution < 1.29 is 9.31 Å². The number of halogens is 1. The maximum absolute atomic E-state index is 7.20. The van der Waals surface area contributed by atoms with Gasteiger partial charge in [0.05, 0.1) is 42.7 Å². The molecule has 132 heavy (non-hydrogen) atoms. The number of rotatable bonds is 6. The Morgan fingerprint density at radius 2 is 0.644 bits per heavy atom. The highest BCUT2D eigenvalue weighted by atomic mass is 35.5. The Hall–Kier alpha value is -14.6. The van der Waals surface area contributed by atoms with E-state index in [2.05, 4.69) is 383 Å². The number of nitrogens with zero attached hydrogens (tertiary/aromatic N) is 6. The normalized spacial score (nSPS) is 13.5. The zero-order valence-electron chi connectivity index (χ0n) is 71.9. The lowest BCUT2D eigenvalue weighted by atomic mass is 9.79. The van der Waals surface area contributed by atoms with Crippen LogP contribution < -0.4 is 5.46 Å². The van der Waals surface area contributed by atoms with Crippen molar-refractivity contribution in [3.05, 3.63) is 381 Å². The van der Waals surface area contributed by atoms with Crippen LogP contribution in [0.2, 0.25) is 5.15 Å². The van der Waals surface area contributed by atoms with Gasteiger partial charge in [0.15, 0.2) is 16.8 Å². The van der Waals surface area contributed by atoms with E-state index in [0.29, 0.717) is 11.0 Å². The first-order valence-corrected chi connectivity index (χ1v) is 48.3. The van der Waals surface area contributed by atoms with E-state index in [1.807, 2.05) is 53.0 Å². The molecular weight excluding hydrogens is 1710 g/mol. The molecule has 0 N–H and O–H groups in total. The lowest BCUT2D eigenvalue weighted by Crippen LogP contribution is -2.41. The molecule has 0 amide bonds. The number of fused-ring (bicyclic) bond motifs is 36. The molecule has 8 aromatic heterocycles. The maximum atomic E-state index is 7.20. The lowest BCUT2D eigenvalue weighted by molar-refractivity contribution is 0.00578. The first kappa shape index (κ1) is 77.3. The lowest BCUT2D eigenvalue weighted by Gasteiger charge is -2.32. The van der Waals surface area contributed by atoms with Crippen molar-refractivity contribution in [3.63, 3.8) is 0 Å². The minimum atomic E-state index is -0.256. The fraction of sp³-hybridized carbons (Fsp3) is 0.0508. The van der Waals surface area contributed by atoms with Crippen molar-refractivity contribution >= 4 is 281 Å². The zero-order chi connectivity index (χ0) is 87.5. The van der Waals surface area contributed by atoms with Crippen LogP contribution in [0.5, 0.6) is 0 Å². The first-order chi connectivity index (χ1) is 64.9. The largest absolute Gasteiger partial charge is 0.494 e. The van der Waals surface area contributed by atoms with Crippen LogP contribution in [-0.4, -0.2) is 47.4 Å². The summed E-state index contributed by atoms with van der Waals surface area (Å²) in [6, 6.07) is 136. The third-order valence-corrected chi connectivity index (χ3v) is 32.4. The van der Waals surface area contributed by atoms with Crippen molar-refractivity contribution in [2.45, 2.75) is 38.9 Å². The first-order valence-electron chi connectivity index (χ1n) is 44.7. The fourth-order valence-electron chi connectivity index (χ4n) is 21.0. The highest BCUT2D eigenvalue weighted by Crippen LogP contribution is 2.55. The number of para-hydroxylation sites is 2. The molecule has 28 aromatic rings. The van der Waals surface area contributed by atoms with Gasteiger partial charge in [0.2, 0.25) is 0 Å². The quantitative estimate of drug-likeness (QED) is 0.122. The fourth-order valence-corrected chi connectivity index (χ4v) is 25.9. The van der Waals surface area contributed by atoms with Crippen LogP contribution in [0.1, 0.15) is 27.7 Å². The zero-order valence-corrected chi connectivity index (χ0v) is 75.9. The van der Waals surface area contributed by atoms with E-state index in [9.17, 15) is 0 Å². The molecule has 0 unspecified atom stereocenters. The third kappa shape index (κ3) is 11.8. The van der Waals surface area contributed by atoms with E-state index < -0.39 is 0 Å². The predicted octanol–water partition coefficient (Wildman–Crippen LogP) is 33.5. The average molecular weight is 1780 g/mol. The van der Waals surface area contributed by atoms with Gasteiger partial charge in [-0.05, 0) is 202 Å². The van der Waals surface area contributed by atoms with E-state index in [-0.39, 0.29) is 18.3 Å². The second kappa shape index (κ2) is 29.7. The molecule has 0 aliphatic carbocycles. The molecule has 8 nitrogen and oxygen atoms in total. The van der Waals surface area contributed by atoms with E-state index in [4.69, 9.17) is 40.8 Å². The molecule has 0 bridgehead atoms. The van der Waals surface area contributed by atoms with Crippen molar-refractivity contribution in [2.24, 2.45) is 0 Å². The summed E-state index contributed by atoms with van der Waals surface area (Å²) >= 11 is 14.3. The van der Waals surface area contributed by atoms with Gasteiger partial charge >= 0.3 is 7.12 Å². The van der Waals surface area contributed by atoms with Crippen LogP contribution in [-0.2, 0) is 9.31 Å². The van der Waals surface area contributed by atoms with Crippen molar-refractivity contribution in [3.8, 4) is 45.1 Å². The molecular formula is C118H74BClN6O2S4. The van der Waals surface area contributed by atoms with Gasteiger partial charge in [-0.3, -0.25) is 9.13 Å². The molecule has 1 aliphatic rings. The smallest absolute Gasteiger partial charge is 0.399 e. The SMILES string of the molecule is CC1(C)OB(c2ccccc2)OC1(C)C.Clc1nc2sc3ccccc3c2nc1-n1c2ccccc2c2c3ccccc3c3c(sc4ccc5cc(-c6cc7ccccc7c7ccccc67)ccc5c43)c21.c1ccc(-c2nc3sc4ccccc4c3nc2-n2c3ccccc3c3c4ccccc4c4c(sc5ccc6cc(-c7cc8ccccc8c8ccccc78)ccc6c54)c32)cc1. The highest BCUT2D eigenvalue weighted by molar-refractivity contribution is 7.28. The molecule has 0 saturated carbocycles. The van der Waals surface area contributed by atoms with Crippen LogP contribution in [0.25, 0.3) is 256 Å². The predicted molar refractivity (Wildman–Crippen MR) is 568 cm³/mol. The van der Waals surface area contributed by atoms with Gasteiger partial charge in [-0.2, -0.15) is 0 Å². The summed E-state index contributed by atoms with van der Waals surface area (Å²) in [6.45, 7) is 8.26. The second-order valence-corrected chi connectivity index (χ2v) is 40.1. The van der Waals surface area contributed by atoms with E-state index in [0.717, 1.165) is 75.3 Å². The summed E-state index contributed by atoms with van der Waals surface area (Å²) in [6.07, 6.45) is 0. The van der Waals surface area contributed by atoms with Crippen molar-refractivity contribution in [1.82, 2.24) is 29.1 Å². The topological polar surface area (TPSA) is 79.9 Å². The summed E-state index contributed by atoms with van der Waals surface area (Å²) in [5.41, 5.74) is 13.7. The van der Waals surface area contributed by atoms with Crippen molar-refractivity contribution in [1.29, 1.82) is 0 Å². The minimum absolute atomic E-state index is 0.240. The molecule has 20 aromatic carbocycles. The molecule has 1 fully saturated rings. The number of benzene rings is 20. The Morgan fingerprint density at radius 3 is 1.13 bits per heavy atom. The number of thiophene rings is 4. The summed E-state index contributed by atoms with van der Waals surface area (Å²) in [5.74, 6) is 1.50. The molecule has 29 rings (SSSR count). The van der Waals surface area contributed by atoms with Gasteiger partial charge in [0.25, 0.3) is 0 Å². The molecule has 0 spiro atoms. The van der Waals surface area contributed by atoms with Gasteiger partial charge in [-0.25, -0.2) is 19.9 Å². The Balaban J connectivity index is 0.000000117. The van der Waals surface area contributed by atoms with Gasteiger partial charge in [-0.1, -0.05) is 327 Å². The van der Waals surface area contributed by atoms with Crippen LogP contribution in [0, 0.1) is 0 Å². The van der Waals surface area contributed by atoms with Crippen LogP contribution >= 0.6 is 56.9 Å². The molecule has 0 radical (unpaired) electrons. The number of hydrogen-bond donors (Lipinski definition) is 0. The van der Waals surface area contributed by atoms with Crippen LogP contribution in [0.15, 0.2) is 376 Å². The summed E-state index contributed by atoms with van der Waals surface area (Å²) in [7, 11) is -0.240. The molecule has 0 atom stereocenters. The van der Waals surface area contributed by atoms with E-state index in [1.165, 1.54) is 181 Å². The Kier molecular flexibility index (Phi) is 17.4. The van der Waals surface area contributed by atoms with Gasteiger partial charge in [0.1, 0.15) is 26.4 Å². The highest BCUT2D eigenvalue weighted by Gasteiger charge is 2.51. The molecule has 1 saturated heterocycles. The molecule has 14 heteroatoms. The van der Waals surface area contributed by atoms with Gasteiger partial charge < -0.3 is 9.31 Å². The minimum Gasteiger partial charge on any atom is -0.399 e. The second-order valence-electron chi connectivity index (χ2n) is 35.6. The third-order valence-electron chi connectivity index (χ3n) is 27.8. The van der Waals surface area contributed by atoms with Crippen molar-refractivity contribution in [2.75, 3.05) is 0 Å². The molecule has 9 heterocycles. The Bertz CT molecular complexity index is 9800. The average Bonchev–Trinajstić information content (AvgIpc) is 1.55. The van der Waals surface area contributed by atoms with Crippen LogP contribution in [0.3, 0.4) is 0 Å². The van der Waals surface area contributed by atoms with Gasteiger partial charge in [0, 0.05) is 78.2 Å². The standard InChI is InChI=1S/C56H31N3S2.C50H26ClN3S2.C12H17BO2/c1-2-14-32(15-3-1)51-55(57-52-43-23-11-13-25-46(43)61-56(52)58-51)59-45-24-12-10-22-42(45)48-40-20-8-9-21-41(40)50-49-37-28-26-35(30-34(37)27-29-47(49)60-54(50)53(48)59)44-31-33-16-4-5-17-36(33)38-18-6-7-19-39(38)44;51-48-49(52-45-37-18-8-10-20-40(37)56-50(45)53-48)54-39-19-9-7-17-36(39)42-34-15-5-6-16-35(34)44-43-31-23-21-29(25-28(31)22-24-41(43)55-47(44)46(42)54)38-26-27-11-1-2-12-30(27)32-13-3-4-14-33(32)38;1-11(2)12(3,4)15-13(14-11)10-8-6-5-7-9-10/h1-31H;1-26H;5-9H,1-4H3. The number of hydrogen-bond acceptors (Lipinski definition) is 10. The van der Waals surface area contributed by atoms with Crippen LogP contribution in [0.4, 0.5) is 0 Å². The van der Waals surface area contributed by atoms with E-state index >= 15 is 0 Å². The summed E-state index contributed by atoms with van der Waals surface area (Å²) < 4.78 is 23.9. The summed E-state index contributed by atoms with van der Waals surface area (Å²) in [4.78, 5) is 23.3. The van der Waals surface area contributed by atoms with Gasteiger partial charge in [-0.15, -0.1) is 45.3 Å². The monoisotopic (exact) mass is 1780 g/mol. The number of aromatic nitrogens is 6. The Morgan fingerprint density at radius 1 is 0.273 bits per heavy atom.